The number of hydrogen-bond donors (Lipinski definition) is 2. The lowest BCUT2D eigenvalue weighted by Gasteiger charge is -2.33. The van der Waals surface area contributed by atoms with Crippen LogP contribution in [0.1, 0.15) is 31.1 Å². The Labute approximate surface area is 173 Å². The van der Waals surface area contributed by atoms with Crippen molar-refractivity contribution >= 4 is 29.9 Å². The smallest absolute Gasteiger partial charge is 0.191 e. The van der Waals surface area contributed by atoms with Gasteiger partial charge in [0.15, 0.2) is 5.96 Å². The molecule has 0 bridgehead atoms. The predicted molar refractivity (Wildman–Crippen MR) is 117 cm³/mol. The zero-order valence-corrected chi connectivity index (χ0v) is 17.7. The van der Waals surface area contributed by atoms with Gasteiger partial charge in [0.25, 0.3) is 0 Å². The van der Waals surface area contributed by atoms with Gasteiger partial charge in [-0.1, -0.05) is 30.3 Å². The van der Waals surface area contributed by atoms with Crippen LogP contribution in [0.2, 0.25) is 0 Å². The second-order valence-corrected chi connectivity index (χ2v) is 6.45. The molecule has 1 aliphatic heterocycles. The molecule has 6 heteroatoms. The molecule has 0 atom stereocenters. The Morgan fingerprint density at radius 2 is 1.92 bits per heavy atom. The van der Waals surface area contributed by atoms with Gasteiger partial charge >= 0.3 is 0 Å². The molecule has 0 spiro atoms. The number of guanidine groups is 1. The molecule has 0 saturated carbocycles. The average molecular weight is 468 g/mol. The highest BCUT2D eigenvalue weighted by Gasteiger charge is 2.20. The molecule has 2 N–H and O–H groups in total. The summed E-state index contributed by atoms with van der Waals surface area (Å²) in [6.45, 7) is 6.78. The number of nitrogens with zero attached hydrogens (tertiary/aromatic N) is 2. The van der Waals surface area contributed by atoms with Crippen LogP contribution in [0.3, 0.4) is 0 Å². The fourth-order valence-electron chi connectivity index (χ4n) is 3.15. The molecule has 1 saturated heterocycles. The number of aliphatic imine (C=N–C) groups is 1. The summed E-state index contributed by atoms with van der Waals surface area (Å²) < 4.78 is 5.35. The van der Waals surface area contributed by atoms with E-state index in [0.29, 0.717) is 12.6 Å². The third-order valence-corrected chi connectivity index (χ3v) is 4.49. The lowest BCUT2D eigenvalue weighted by atomic mass is 10.0. The Kier molecular flexibility index (Phi) is 8.97. The lowest BCUT2D eigenvalue weighted by Crippen LogP contribution is -2.48. The Hall–Kier alpha value is -1.54. The maximum absolute atomic E-state index is 5.35. The number of halogens is 1. The van der Waals surface area contributed by atoms with E-state index in [1.807, 2.05) is 12.1 Å². The van der Waals surface area contributed by atoms with E-state index in [4.69, 9.17) is 4.42 Å². The van der Waals surface area contributed by atoms with Gasteiger partial charge < -0.3 is 15.1 Å². The van der Waals surface area contributed by atoms with Gasteiger partial charge in [0.1, 0.15) is 12.3 Å². The van der Waals surface area contributed by atoms with Crippen molar-refractivity contribution in [2.45, 2.75) is 38.9 Å². The van der Waals surface area contributed by atoms with Crippen LogP contribution in [-0.4, -0.2) is 36.5 Å². The molecule has 1 aliphatic rings. The highest BCUT2D eigenvalue weighted by molar-refractivity contribution is 14.0. The second-order valence-electron chi connectivity index (χ2n) is 6.45. The van der Waals surface area contributed by atoms with Crippen molar-refractivity contribution in [1.29, 1.82) is 0 Å². The van der Waals surface area contributed by atoms with Gasteiger partial charge in [0.2, 0.25) is 0 Å². The molecule has 5 nitrogen and oxygen atoms in total. The Bertz CT molecular complexity index is 637. The maximum Gasteiger partial charge on any atom is 0.191 e. The third kappa shape index (κ3) is 6.64. The van der Waals surface area contributed by atoms with Gasteiger partial charge in [-0.05, 0) is 37.5 Å². The topological polar surface area (TPSA) is 52.8 Å². The minimum atomic E-state index is 0. The van der Waals surface area contributed by atoms with Crippen LogP contribution in [-0.2, 0) is 13.1 Å². The van der Waals surface area contributed by atoms with Crippen LogP contribution in [0.5, 0.6) is 0 Å². The number of hydrogen-bond acceptors (Lipinski definition) is 3. The SMILES string of the molecule is CCNC(=NCc1ccco1)NC1CCN(Cc2ccccc2)CC1.I. The van der Waals surface area contributed by atoms with E-state index < -0.39 is 0 Å². The Balaban J connectivity index is 0.00000243. The Morgan fingerprint density at radius 1 is 1.15 bits per heavy atom. The molecule has 3 rings (SSSR count). The van der Waals surface area contributed by atoms with Gasteiger partial charge in [-0.3, -0.25) is 4.90 Å². The molecule has 1 aromatic carbocycles. The largest absolute Gasteiger partial charge is 0.467 e. The number of piperidine rings is 1. The van der Waals surface area contributed by atoms with Crippen molar-refractivity contribution < 1.29 is 4.42 Å². The fourth-order valence-corrected chi connectivity index (χ4v) is 3.15. The summed E-state index contributed by atoms with van der Waals surface area (Å²) in [6, 6.07) is 15.0. The fraction of sp³-hybridized carbons (Fsp3) is 0.450. The molecule has 0 radical (unpaired) electrons. The first-order valence-electron chi connectivity index (χ1n) is 9.17. The lowest BCUT2D eigenvalue weighted by molar-refractivity contribution is 0.198. The van der Waals surface area contributed by atoms with Crippen LogP contribution in [0, 0.1) is 0 Å². The monoisotopic (exact) mass is 468 g/mol. The highest BCUT2D eigenvalue weighted by Crippen LogP contribution is 2.14. The molecule has 2 heterocycles. The normalized spacial score (nSPS) is 16.1. The molecule has 1 fully saturated rings. The van der Waals surface area contributed by atoms with Crippen molar-refractivity contribution in [2.24, 2.45) is 4.99 Å². The average Bonchev–Trinajstić information content (AvgIpc) is 3.16. The van der Waals surface area contributed by atoms with E-state index in [-0.39, 0.29) is 24.0 Å². The molecule has 2 aromatic rings. The second kappa shape index (κ2) is 11.2. The summed E-state index contributed by atoms with van der Waals surface area (Å²) in [6.07, 6.45) is 3.96. The molecule has 0 amide bonds. The summed E-state index contributed by atoms with van der Waals surface area (Å²) in [4.78, 5) is 7.15. The van der Waals surface area contributed by atoms with Crippen LogP contribution >= 0.6 is 24.0 Å². The quantitative estimate of drug-likeness (QED) is 0.387. The van der Waals surface area contributed by atoms with Gasteiger partial charge in [-0.15, -0.1) is 24.0 Å². The molecule has 142 valence electrons. The van der Waals surface area contributed by atoms with Crippen LogP contribution in [0.15, 0.2) is 58.1 Å². The first-order valence-corrected chi connectivity index (χ1v) is 9.17. The summed E-state index contributed by atoms with van der Waals surface area (Å²) >= 11 is 0. The summed E-state index contributed by atoms with van der Waals surface area (Å²) in [5.74, 6) is 1.76. The van der Waals surface area contributed by atoms with Crippen molar-refractivity contribution in [1.82, 2.24) is 15.5 Å². The van der Waals surface area contributed by atoms with Gasteiger partial charge in [-0.2, -0.15) is 0 Å². The summed E-state index contributed by atoms with van der Waals surface area (Å²) in [5, 5.41) is 6.90. The first-order chi connectivity index (χ1) is 12.3. The predicted octanol–water partition coefficient (Wildman–Crippen LogP) is 3.62. The van der Waals surface area contributed by atoms with E-state index in [9.17, 15) is 0 Å². The minimum absolute atomic E-state index is 0. The number of benzene rings is 1. The standard InChI is InChI=1S/C20H28N4O.HI/c1-2-21-20(22-15-19-9-6-14-25-19)23-18-10-12-24(13-11-18)16-17-7-4-3-5-8-17;/h3-9,14,18H,2,10-13,15-16H2,1H3,(H2,21,22,23);1H. The number of furan rings is 1. The van der Waals surface area contributed by atoms with Crippen LogP contribution in [0.25, 0.3) is 0 Å². The van der Waals surface area contributed by atoms with Crippen molar-refractivity contribution in [3.8, 4) is 0 Å². The van der Waals surface area contributed by atoms with Gasteiger partial charge in [0.05, 0.1) is 6.26 Å². The van der Waals surface area contributed by atoms with Crippen molar-refractivity contribution in [2.75, 3.05) is 19.6 Å². The first kappa shape index (κ1) is 20.8. The van der Waals surface area contributed by atoms with E-state index in [2.05, 4.69) is 57.8 Å². The van der Waals surface area contributed by atoms with Crippen LogP contribution in [0.4, 0.5) is 0 Å². The molecule has 1 aromatic heterocycles. The third-order valence-electron chi connectivity index (χ3n) is 4.49. The molecule has 0 unspecified atom stereocenters. The number of nitrogens with one attached hydrogen (secondary N) is 2. The van der Waals surface area contributed by atoms with E-state index >= 15 is 0 Å². The zero-order valence-electron chi connectivity index (χ0n) is 15.4. The number of likely N-dealkylation sites (tertiary alicyclic amines) is 1. The van der Waals surface area contributed by atoms with Gasteiger partial charge in [0, 0.05) is 32.2 Å². The van der Waals surface area contributed by atoms with E-state index in [1.54, 1.807) is 6.26 Å². The van der Waals surface area contributed by atoms with Crippen molar-refractivity contribution in [3.63, 3.8) is 0 Å². The molecule has 26 heavy (non-hydrogen) atoms. The highest BCUT2D eigenvalue weighted by atomic mass is 127. The Morgan fingerprint density at radius 3 is 2.58 bits per heavy atom. The maximum atomic E-state index is 5.35. The zero-order chi connectivity index (χ0) is 17.3. The van der Waals surface area contributed by atoms with E-state index in [1.165, 1.54) is 5.56 Å². The molecular formula is C20H29IN4O. The van der Waals surface area contributed by atoms with E-state index in [0.717, 1.165) is 50.7 Å². The van der Waals surface area contributed by atoms with Crippen molar-refractivity contribution in [3.05, 3.63) is 60.1 Å². The minimum Gasteiger partial charge on any atom is -0.467 e. The summed E-state index contributed by atoms with van der Waals surface area (Å²) in [7, 11) is 0. The molecular weight excluding hydrogens is 439 g/mol. The molecule has 0 aliphatic carbocycles. The number of rotatable bonds is 6. The van der Waals surface area contributed by atoms with Crippen LogP contribution < -0.4 is 10.6 Å². The summed E-state index contributed by atoms with van der Waals surface area (Å²) in [5.41, 5.74) is 1.39. The van der Waals surface area contributed by atoms with Gasteiger partial charge in [-0.25, -0.2) is 4.99 Å².